The molecule has 3 heteroatoms. The highest BCUT2D eigenvalue weighted by molar-refractivity contribution is 5.74. The summed E-state index contributed by atoms with van der Waals surface area (Å²) in [4.78, 5) is 14.1. The molecule has 0 aliphatic rings. The Morgan fingerprint density at radius 3 is 2.54 bits per heavy atom. The van der Waals surface area contributed by atoms with Crippen LogP contribution in [0, 0.1) is 0 Å². The first-order valence-corrected chi connectivity index (χ1v) is 3.96. The van der Waals surface area contributed by atoms with Gasteiger partial charge in [0.2, 0.25) is 0 Å². The van der Waals surface area contributed by atoms with E-state index < -0.39 is 12.0 Å². The third-order valence-electron chi connectivity index (χ3n) is 1.78. The standard InChI is InChI=1S/C10H11NO2/c1-11-9(10(12)13)7-8-5-3-2-4-6-8/h2-6,9H,1,7H2,(H,12,13)/t9-/m0/s1. The Kier molecular flexibility index (Phi) is 3.20. The number of carboxylic acids is 1. The summed E-state index contributed by atoms with van der Waals surface area (Å²) in [5, 5.41) is 8.70. The van der Waals surface area contributed by atoms with E-state index in [1.165, 1.54) is 0 Å². The number of hydrogen-bond donors (Lipinski definition) is 1. The van der Waals surface area contributed by atoms with E-state index in [9.17, 15) is 4.79 Å². The zero-order chi connectivity index (χ0) is 9.68. The quantitative estimate of drug-likeness (QED) is 0.706. The Hall–Kier alpha value is -1.64. The number of rotatable bonds is 4. The van der Waals surface area contributed by atoms with Crippen LogP contribution in [0.25, 0.3) is 0 Å². The second kappa shape index (κ2) is 4.40. The van der Waals surface area contributed by atoms with Gasteiger partial charge in [0.1, 0.15) is 0 Å². The van der Waals surface area contributed by atoms with Crippen molar-refractivity contribution in [2.75, 3.05) is 0 Å². The summed E-state index contributed by atoms with van der Waals surface area (Å²) in [5.41, 5.74) is 0.960. The van der Waals surface area contributed by atoms with Gasteiger partial charge in [0.15, 0.2) is 6.04 Å². The molecular weight excluding hydrogens is 166 g/mol. The van der Waals surface area contributed by atoms with E-state index in [1.807, 2.05) is 30.3 Å². The number of aliphatic carboxylic acids is 1. The molecule has 1 aromatic rings. The molecule has 1 N–H and O–H groups in total. The van der Waals surface area contributed by atoms with Crippen molar-refractivity contribution >= 4 is 12.7 Å². The highest BCUT2D eigenvalue weighted by Gasteiger charge is 2.14. The molecule has 0 saturated carbocycles. The van der Waals surface area contributed by atoms with Crippen molar-refractivity contribution in [1.82, 2.24) is 0 Å². The minimum atomic E-state index is -0.932. The molecule has 0 amide bonds. The van der Waals surface area contributed by atoms with Crippen LogP contribution in [-0.4, -0.2) is 23.8 Å². The summed E-state index contributed by atoms with van der Waals surface area (Å²) >= 11 is 0. The van der Waals surface area contributed by atoms with E-state index in [2.05, 4.69) is 11.7 Å². The second-order valence-electron chi connectivity index (χ2n) is 2.73. The van der Waals surface area contributed by atoms with E-state index >= 15 is 0 Å². The average Bonchev–Trinajstić information content (AvgIpc) is 2.15. The van der Waals surface area contributed by atoms with Gasteiger partial charge in [-0.3, -0.25) is 4.99 Å². The van der Waals surface area contributed by atoms with Crippen molar-refractivity contribution in [3.8, 4) is 0 Å². The summed E-state index contributed by atoms with van der Waals surface area (Å²) in [7, 11) is 0. The molecule has 0 aliphatic carbocycles. The molecule has 0 aliphatic heterocycles. The predicted molar refractivity (Wildman–Crippen MR) is 51.1 cm³/mol. The Bertz CT molecular complexity index is 295. The van der Waals surface area contributed by atoms with Crippen molar-refractivity contribution < 1.29 is 9.90 Å². The van der Waals surface area contributed by atoms with E-state index in [-0.39, 0.29) is 0 Å². The van der Waals surface area contributed by atoms with E-state index in [4.69, 9.17) is 5.11 Å². The van der Waals surface area contributed by atoms with Gasteiger partial charge >= 0.3 is 5.97 Å². The highest BCUT2D eigenvalue weighted by Crippen LogP contribution is 2.05. The van der Waals surface area contributed by atoms with Crippen LogP contribution in [0.15, 0.2) is 35.3 Å². The first kappa shape index (κ1) is 9.45. The fourth-order valence-electron chi connectivity index (χ4n) is 1.07. The van der Waals surface area contributed by atoms with Crippen molar-refractivity contribution in [3.63, 3.8) is 0 Å². The van der Waals surface area contributed by atoms with Gasteiger partial charge in [-0.1, -0.05) is 30.3 Å². The zero-order valence-corrected chi connectivity index (χ0v) is 7.18. The predicted octanol–water partition coefficient (Wildman–Crippen LogP) is 1.38. The lowest BCUT2D eigenvalue weighted by atomic mass is 10.1. The van der Waals surface area contributed by atoms with Gasteiger partial charge in [0, 0.05) is 6.42 Å². The van der Waals surface area contributed by atoms with Gasteiger partial charge in [-0.2, -0.15) is 0 Å². The number of nitrogens with zero attached hydrogens (tertiary/aromatic N) is 1. The van der Waals surface area contributed by atoms with Crippen LogP contribution in [0.1, 0.15) is 5.56 Å². The van der Waals surface area contributed by atoms with E-state index in [1.54, 1.807) is 0 Å². The summed E-state index contributed by atoms with van der Waals surface area (Å²) in [6.07, 6.45) is 0.402. The molecule has 1 aromatic carbocycles. The van der Waals surface area contributed by atoms with Crippen LogP contribution in [0.5, 0.6) is 0 Å². The topological polar surface area (TPSA) is 49.7 Å². The first-order chi connectivity index (χ1) is 6.24. The molecule has 13 heavy (non-hydrogen) atoms. The Morgan fingerprint density at radius 1 is 1.46 bits per heavy atom. The summed E-state index contributed by atoms with van der Waals surface area (Å²) < 4.78 is 0. The fraction of sp³-hybridized carbons (Fsp3) is 0.200. The summed E-state index contributed by atoms with van der Waals surface area (Å²) in [6, 6.07) is 8.65. The van der Waals surface area contributed by atoms with Crippen LogP contribution in [0.4, 0.5) is 0 Å². The van der Waals surface area contributed by atoms with Crippen LogP contribution >= 0.6 is 0 Å². The molecule has 0 heterocycles. The highest BCUT2D eigenvalue weighted by atomic mass is 16.4. The Labute approximate surface area is 76.7 Å². The molecule has 3 nitrogen and oxygen atoms in total. The molecule has 0 spiro atoms. The molecule has 0 saturated heterocycles. The Balaban J connectivity index is 2.67. The molecule has 1 rings (SSSR count). The maximum absolute atomic E-state index is 10.6. The summed E-state index contributed by atoms with van der Waals surface area (Å²) in [5.74, 6) is -0.932. The van der Waals surface area contributed by atoms with Gasteiger partial charge in [0.05, 0.1) is 0 Å². The molecule has 0 aromatic heterocycles. The lowest BCUT2D eigenvalue weighted by Crippen LogP contribution is -2.19. The number of benzene rings is 1. The maximum atomic E-state index is 10.6. The molecule has 1 atom stereocenters. The number of carbonyl (C=O) groups is 1. The molecule has 0 unspecified atom stereocenters. The molecule has 0 fully saturated rings. The first-order valence-electron chi connectivity index (χ1n) is 3.96. The fourth-order valence-corrected chi connectivity index (χ4v) is 1.07. The van der Waals surface area contributed by atoms with Gasteiger partial charge in [-0.25, -0.2) is 4.79 Å². The van der Waals surface area contributed by atoms with Crippen molar-refractivity contribution in [1.29, 1.82) is 0 Å². The number of carboxylic acid groups (broad SMARTS) is 1. The smallest absolute Gasteiger partial charge is 0.328 e. The molecule has 68 valence electrons. The van der Waals surface area contributed by atoms with Gasteiger partial charge in [-0.05, 0) is 12.3 Å². The number of aliphatic imine (C=N–C) groups is 1. The number of hydrogen-bond acceptors (Lipinski definition) is 2. The zero-order valence-electron chi connectivity index (χ0n) is 7.18. The van der Waals surface area contributed by atoms with Crippen molar-refractivity contribution in [3.05, 3.63) is 35.9 Å². The van der Waals surface area contributed by atoms with Crippen molar-refractivity contribution in [2.45, 2.75) is 12.5 Å². The minimum Gasteiger partial charge on any atom is -0.480 e. The summed E-state index contributed by atoms with van der Waals surface area (Å²) in [6.45, 7) is 3.25. The SMILES string of the molecule is C=N[C@@H](Cc1ccccc1)C(=O)O. The van der Waals surface area contributed by atoms with Crippen LogP contribution < -0.4 is 0 Å². The van der Waals surface area contributed by atoms with Gasteiger partial charge < -0.3 is 5.11 Å². The lowest BCUT2D eigenvalue weighted by Gasteiger charge is -2.05. The third-order valence-corrected chi connectivity index (χ3v) is 1.78. The average molecular weight is 177 g/mol. The van der Waals surface area contributed by atoms with Crippen LogP contribution in [0.2, 0.25) is 0 Å². The normalized spacial score (nSPS) is 12.0. The Morgan fingerprint density at radius 2 is 2.08 bits per heavy atom. The molecule has 0 bridgehead atoms. The molecular formula is C10H11NO2. The second-order valence-corrected chi connectivity index (χ2v) is 2.73. The van der Waals surface area contributed by atoms with Crippen LogP contribution in [-0.2, 0) is 11.2 Å². The van der Waals surface area contributed by atoms with Gasteiger partial charge in [-0.15, -0.1) is 0 Å². The van der Waals surface area contributed by atoms with E-state index in [0.717, 1.165) is 5.56 Å². The maximum Gasteiger partial charge on any atom is 0.328 e. The lowest BCUT2D eigenvalue weighted by molar-refractivity contribution is -0.138. The van der Waals surface area contributed by atoms with E-state index in [0.29, 0.717) is 6.42 Å². The minimum absolute atomic E-state index is 0.402. The third kappa shape index (κ3) is 2.71. The molecule has 0 radical (unpaired) electrons. The monoisotopic (exact) mass is 177 g/mol. The van der Waals surface area contributed by atoms with Crippen LogP contribution in [0.3, 0.4) is 0 Å². The largest absolute Gasteiger partial charge is 0.480 e. The van der Waals surface area contributed by atoms with Gasteiger partial charge in [0.25, 0.3) is 0 Å². The van der Waals surface area contributed by atoms with Crippen molar-refractivity contribution in [2.24, 2.45) is 4.99 Å².